The van der Waals surface area contributed by atoms with Crippen LogP contribution in [0.3, 0.4) is 0 Å². The molecule has 0 fully saturated rings. The Kier molecular flexibility index (Phi) is 4.04. The minimum atomic E-state index is -0.403. The first-order valence-corrected chi connectivity index (χ1v) is 6.16. The van der Waals surface area contributed by atoms with Crippen molar-refractivity contribution in [3.05, 3.63) is 63.9 Å². The summed E-state index contributed by atoms with van der Waals surface area (Å²) in [5, 5.41) is 0. The molecule has 1 aromatic heterocycles. The van der Waals surface area contributed by atoms with E-state index in [0.29, 0.717) is 16.6 Å². The lowest BCUT2D eigenvalue weighted by atomic mass is 10.0. The van der Waals surface area contributed by atoms with Crippen molar-refractivity contribution in [1.29, 1.82) is 0 Å². The lowest BCUT2D eigenvalue weighted by Crippen LogP contribution is -2.15. The fourth-order valence-electron chi connectivity index (χ4n) is 1.69. The number of halogens is 3. The Morgan fingerprint density at radius 1 is 1.17 bits per heavy atom. The Morgan fingerprint density at radius 3 is 2.56 bits per heavy atom. The van der Waals surface area contributed by atoms with Crippen LogP contribution in [0, 0.1) is 11.6 Å². The highest BCUT2D eigenvalue weighted by Crippen LogP contribution is 2.19. The Bertz CT molecular complexity index is 523. The maximum absolute atomic E-state index is 13.2. The Balaban J connectivity index is 2.15. The van der Waals surface area contributed by atoms with E-state index in [-0.39, 0.29) is 11.9 Å². The Morgan fingerprint density at radius 2 is 1.94 bits per heavy atom. The van der Waals surface area contributed by atoms with Gasteiger partial charge in [-0.1, -0.05) is 15.9 Å². The summed E-state index contributed by atoms with van der Waals surface area (Å²) in [4.78, 5) is 3.91. The van der Waals surface area contributed by atoms with Gasteiger partial charge in [0, 0.05) is 4.47 Å². The minimum absolute atomic E-state index is 0.321. The monoisotopic (exact) mass is 312 g/mol. The number of rotatable bonds is 3. The fourth-order valence-corrected chi connectivity index (χ4v) is 2.21. The molecule has 0 aliphatic carbocycles. The molecule has 0 spiro atoms. The summed E-state index contributed by atoms with van der Waals surface area (Å²) in [6, 6.07) is 7.06. The molecule has 0 saturated carbocycles. The molecular weight excluding hydrogens is 302 g/mol. The smallest absolute Gasteiger partial charge is 0.141 e. The molecule has 2 rings (SSSR count). The second-order valence-corrected chi connectivity index (χ2v) is 4.91. The molecule has 0 radical (unpaired) electrons. The van der Waals surface area contributed by atoms with E-state index >= 15 is 0 Å². The van der Waals surface area contributed by atoms with Gasteiger partial charge in [0.25, 0.3) is 0 Å². The molecule has 94 valence electrons. The van der Waals surface area contributed by atoms with Crippen molar-refractivity contribution in [1.82, 2.24) is 4.98 Å². The molecule has 5 heteroatoms. The van der Waals surface area contributed by atoms with Crippen LogP contribution in [0.1, 0.15) is 17.3 Å². The summed E-state index contributed by atoms with van der Waals surface area (Å²) in [5.41, 5.74) is 7.30. The molecule has 1 heterocycles. The van der Waals surface area contributed by atoms with Crippen molar-refractivity contribution in [2.24, 2.45) is 5.73 Å². The quantitative estimate of drug-likeness (QED) is 0.943. The molecule has 0 aliphatic rings. The summed E-state index contributed by atoms with van der Waals surface area (Å²) < 4.78 is 26.6. The number of benzene rings is 1. The number of pyridine rings is 1. The molecule has 1 atom stereocenters. The van der Waals surface area contributed by atoms with E-state index in [1.54, 1.807) is 6.07 Å². The third kappa shape index (κ3) is 3.34. The minimum Gasteiger partial charge on any atom is -0.322 e. The van der Waals surface area contributed by atoms with Crippen molar-refractivity contribution in [3.8, 4) is 0 Å². The molecule has 0 bridgehead atoms. The predicted molar refractivity (Wildman–Crippen MR) is 68.9 cm³/mol. The zero-order chi connectivity index (χ0) is 13.1. The van der Waals surface area contributed by atoms with Crippen molar-refractivity contribution in [2.45, 2.75) is 12.5 Å². The lowest BCUT2D eigenvalue weighted by molar-refractivity contribution is 0.609. The molecule has 1 aromatic carbocycles. The van der Waals surface area contributed by atoms with E-state index in [9.17, 15) is 8.78 Å². The molecule has 2 N–H and O–H groups in total. The van der Waals surface area contributed by atoms with Gasteiger partial charge in [-0.15, -0.1) is 0 Å². The van der Waals surface area contributed by atoms with Gasteiger partial charge in [-0.05, 0) is 42.3 Å². The highest BCUT2D eigenvalue weighted by Gasteiger charge is 2.10. The van der Waals surface area contributed by atoms with Crippen LogP contribution in [0.2, 0.25) is 0 Å². The highest BCUT2D eigenvalue weighted by atomic mass is 79.9. The number of nitrogens with zero attached hydrogens (tertiary/aromatic N) is 1. The third-order valence-electron chi connectivity index (χ3n) is 2.51. The van der Waals surface area contributed by atoms with Crippen molar-refractivity contribution in [3.63, 3.8) is 0 Å². The highest BCUT2D eigenvalue weighted by molar-refractivity contribution is 9.10. The number of aromatic nitrogens is 1. The van der Waals surface area contributed by atoms with Gasteiger partial charge in [0.1, 0.15) is 11.6 Å². The summed E-state index contributed by atoms with van der Waals surface area (Å²) >= 11 is 3.22. The maximum atomic E-state index is 13.2. The maximum Gasteiger partial charge on any atom is 0.141 e. The number of nitrogens with two attached hydrogens (primary N) is 1. The van der Waals surface area contributed by atoms with Crippen LogP contribution in [-0.2, 0) is 6.42 Å². The predicted octanol–water partition coefficient (Wildman–Crippen LogP) is 3.36. The van der Waals surface area contributed by atoms with Gasteiger partial charge in [0.05, 0.1) is 17.9 Å². The second kappa shape index (κ2) is 5.54. The van der Waals surface area contributed by atoms with Crippen LogP contribution in [0.25, 0.3) is 0 Å². The van der Waals surface area contributed by atoms with Crippen LogP contribution in [0.5, 0.6) is 0 Å². The van der Waals surface area contributed by atoms with E-state index in [1.165, 1.54) is 24.3 Å². The molecule has 18 heavy (non-hydrogen) atoms. The van der Waals surface area contributed by atoms with Gasteiger partial charge in [0.15, 0.2) is 0 Å². The van der Waals surface area contributed by atoms with Gasteiger partial charge in [0.2, 0.25) is 0 Å². The van der Waals surface area contributed by atoms with Crippen LogP contribution in [0.15, 0.2) is 41.0 Å². The Labute approximate surface area is 112 Å². The van der Waals surface area contributed by atoms with Crippen molar-refractivity contribution >= 4 is 15.9 Å². The third-order valence-corrected chi connectivity index (χ3v) is 2.97. The van der Waals surface area contributed by atoms with Crippen LogP contribution < -0.4 is 5.73 Å². The van der Waals surface area contributed by atoms with Gasteiger partial charge in [-0.3, -0.25) is 4.98 Å². The SMILES string of the molecule is NC(Cc1cc(F)cc(Br)c1)c1ccc(F)cn1. The summed E-state index contributed by atoms with van der Waals surface area (Å²) in [5.74, 6) is -0.724. The number of hydrogen-bond donors (Lipinski definition) is 1. The first-order chi connectivity index (χ1) is 8.54. The fraction of sp³-hybridized carbons (Fsp3) is 0.154. The Hall–Kier alpha value is -1.33. The molecule has 0 amide bonds. The first kappa shape index (κ1) is 13.1. The van der Waals surface area contributed by atoms with Crippen molar-refractivity contribution < 1.29 is 8.78 Å². The average molecular weight is 313 g/mol. The summed E-state index contributed by atoms with van der Waals surface area (Å²) in [6.45, 7) is 0. The van der Waals surface area contributed by atoms with Gasteiger partial charge in [-0.25, -0.2) is 8.78 Å². The van der Waals surface area contributed by atoms with E-state index in [0.717, 1.165) is 11.8 Å². The lowest BCUT2D eigenvalue weighted by Gasteiger charge is -2.11. The van der Waals surface area contributed by atoms with E-state index < -0.39 is 5.82 Å². The van der Waals surface area contributed by atoms with Crippen LogP contribution in [-0.4, -0.2) is 4.98 Å². The topological polar surface area (TPSA) is 38.9 Å². The van der Waals surface area contributed by atoms with E-state index in [4.69, 9.17) is 5.73 Å². The largest absolute Gasteiger partial charge is 0.322 e. The zero-order valence-corrected chi connectivity index (χ0v) is 11.0. The standard InChI is InChI=1S/C13H11BrF2N2/c14-9-3-8(4-11(16)6-9)5-12(17)13-2-1-10(15)7-18-13/h1-4,6-7,12H,5,17H2. The van der Waals surface area contributed by atoms with Crippen molar-refractivity contribution in [2.75, 3.05) is 0 Å². The molecule has 2 nitrogen and oxygen atoms in total. The van der Waals surface area contributed by atoms with Gasteiger partial charge in [-0.2, -0.15) is 0 Å². The van der Waals surface area contributed by atoms with E-state index in [1.807, 2.05) is 0 Å². The zero-order valence-electron chi connectivity index (χ0n) is 9.41. The molecule has 0 aliphatic heterocycles. The van der Waals surface area contributed by atoms with Crippen LogP contribution >= 0.6 is 15.9 Å². The molecule has 0 saturated heterocycles. The van der Waals surface area contributed by atoms with Crippen LogP contribution in [0.4, 0.5) is 8.78 Å². The summed E-state index contributed by atoms with van der Waals surface area (Å²) in [7, 11) is 0. The molecule has 2 aromatic rings. The normalized spacial score (nSPS) is 12.4. The first-order valence-electron chi connectivity index (χ1n) is 5.36. The van der Waals surface area contributed by atoms with E-state index in [2.05, 4.69) is 20.9 Å². The second-order valence-electron chi connectivity index (χ2n) is 3.99. The summed E-state index contributed by atoms with van der Waals surface area (Å²) in [6.07, 6.45) is 1.56. The van der Waals surface area contributed by atoms with Gasteiger partial charge < -0.3 is 5.73 Å². The average Bonchev–Trinajstić information content (AvgIpc) is 2.28. The number of hydrogen-bond acceptors (Lipinski definition) is 2. The van der Waals surface area contributed by atoms with Gasteiger partial charge >= 0.3 is 0 Å². The molecular formula is C13H11BrF2N2. The molecule has 1 unspecified atom stereocenters.